The topological polar surface area (TPSA) is 18.5 Å². The molecule has 0 aromatic carbocycles. The molecule has 1 aliphatic heterocycles. The number of rotatable bonds is 4. The van der Waals surface area contributed by atoms with Crippen molar-refractivity contribution in [2.45, 2.75) is 50.6 Å². The smallest absolute Gasteiger partial charge is 0.0113 e. The first-order chi connectivity index (χ1) is 8.86. The highest BCUT2D eigenvalue weighted by atomic mass is 15.3. The normalized spacial score (nSPS) is 35.8. The predicted molar refractivity (Wildman–Crippen MR) is 75.8 cm³/mol. The van der Waals surface area contributed by atoms with Crippen molar-refractivity contribution < 1.29 is 0 Å². The molecule has 3 fully saturated rings. The zero-order valence-corrected chi connectivity index (χ0v) is 11.9. The van der Waals surface area contributed by atoms with Crippen LogP contribution < -0.4 is 5.32 Å². The molecule has 0 amide bonds. The first-order valence-corrected chi connectivity index (χ1v) is 8.00. The van der Waals surface area contributed by atoms with E-state index in [0.29, 0.717) is 0 Å². The van der Waals surface area contributed by atoms with Crippen LogP contribution in [0.5, 0.6) is 0 Å². The maximum Gasteiger partial charge on any atom is 0.0113 e. The molecule has 2 saturated carbocycles. The average molecular weight is 251 g/mol. The molecular formula is C15H29N3. The van der Waals surface area contributed by atoms with E-state index in [-0.39, 0.29) is 0 Å². The summed E-state index contributed by atoms with van der Waals surface area (Å²) >= 11 is 0. The van der Waals surface area contributed by atoms with E-state index < -0.39 is 0 Å². The van der Waals surface area contributed by atoms with Gasteiger partial charge in [0.15, 0.2) is 0 Å². The van der Waals surface area contributed by atoms with E-state index in [1.165, 1.54) is 71.2 Å². The lowest BCUT2D eigenvalue weighted by Gasteiger charge is -2.39. The summed E-state index contributed by atoms with van der Waals surface area (Å²) in [6, 6.07) is 1.74. The third-order valence-corrected chi connectivity index (χ3v) is 5.24. The van der Waals surface area contributed by atoms with Gasteiger partial charge in [-0.15, -0.1) is 0 Å². The quantitative estimate of drug-likeness (QED) is 0.818. The van der Waals surface area contributed by atoms with Crippen molar-refractivity contribution in [3.05, 3.63) is 0 Å². The largest absolute Gasteiger partial charge is 0.317 e. The summed E-state index contributed by atoms with van der Waals surface area (Å²) < 4.78 is 0. The maximum atomic E-state index is 3.54. The molecule has 1 heterocycles. The van der Waals surface area contributed by atoms with Crippen LogP contribution in [-0.4, -0.2) is 61.7 Å². The van der Waals surface area contributed by atoms with Crippen molar-refractivity contribution in [2.24, 2.45) is 5.92 Å². The van der Waals surface area contributed by atoms with E-state index in [2.05, 4.69) is 22.2 Å². The Kier molecular flexibility index (Phi) is 4.22. The molecule has 0 bridgehead atoms. The number of hydrogen-bond donors (Lipinski definition) is 1. The second-order valence-corrected chi connectivity index (χ2v) is 6.51. The van der Waals surface area contributed by atoms with Gasteiger partial charge in [-0.05, 0) is 38.6 Å². The third-order valence-electron chi connectivity index (χ3n) is 5.24. The Labute approximate surface area is 112 Å². The molecule has 3 heteroatoms. The fourth-order valence-electron chi connectivity index (χ4n) is 3.89. The van der Waals surface area contributed by atoms with E-state index >= 15 is 0 Å². The minimum Gasteiger partial charge on any atom is -0.317 e. The van der Waals surface area contributed by atoms with Crippen LogP contribution in [-0.2, 0) is 0 Å². The maximum absolute atomic E-state index is 3.54. The summed E-state index contributed by atoms with van der Waals surface area (Å²) in [5.74, 6) is 0.899. The molecule has 0 radical (unpaired) electrons. The van der Waals surface area contributed by atoms with Gasteiger partial charge < -0.3 is 10.2 Å². The van der Waals surface area contributed by atoms with Gasteiger partial charge in [0.25, 0.3) is 0 Å². The molecular weight excluding hydrogens is 222 g/mol. The Morgan fingerprint density at radius 2 is 1.67 bits per heavy atom. The standard InChI is InChI=1S/C15H29N3/c1-16-15-5-3-2-4-13(15)12-17-8-10-18(11-9-17)14-6-7-14/h13-16H,2-12H2,1H3. The zero-order chi connectivity index (χ0) is 12.4. The number of nitrogens with one attached hydrogen (secondary N) is 1. The number of hydrogen-bond acceptors (Lipinski definition) is 3. The van der Waals surface area contributed by atoms with Crippen molar-refractivity contribution >= 4 is 0 Å². The van der Waals surface area contributed by atoms with Crippen LogP contribution in [0.15, 0.2) is 0 Å². The highest BCUT2D eigenvalue weighted by molar-refractivity contribution is 4.89. The Balaban J connectivity index is 1.44. The molecule has 1 saturated heterocycles. The monoisotopic (exact) mass is 251 g/mol. The van der Waals surface area contributed by atoms with Gasteiger partial charge in [-0.1, -0.05) is 12.8 Å². The molecule has 2 atom stereocenters. The van der Waals surface area contributed by atoms with E-state index in [9.17, 15) is 0 Å². The molecule has 2 unspecified atom stereocenters. The highest BCUT2D eigenvalue weighted by Gasteiger charge is 2.32. The molecule has 1 N–H and O–H groups in total. The van der Waals surface area contributed by atoms with E-state index in [4.69, 9.17) is 0 Å². The lowest BCUT2D eigenvalue weighted by Crippen LogP contribution is -2.50. The van der Waals surface area contributed by atoms with Crippen molar-refractivity contribution in [2.75, 3.05) is 39.8 Å². The zero-order valence-electron chi connectivity index (χ0n) is 11.9. The van der Waals surface area contributed by atoms with Crippen LogP contribution in [0.1, 0.15) is 38.5 Å². The minimum atomic E-state index is 0.778. The predicted octanol–water partition coefficient (Wildman–Crippen LogP) is 1.54. The number of nitrogens with zero attached hydrogens (tertiary/aromatic N) is 2. The lowest BCUT2D eigenvalue weighted by atomic mass is 9.84. The molecule has 3 rings (SSSR count). The summed E-state index contributed by atoms with van der Waals surface area (Å²) in [7, 11) is 2.15. The van der Waals surface area contributed by atoms with E-state index in [1.807, 2.05) is 0 Å². The van der Waals surface area contributed by atoms with Gasteiger partial charge in [-0.2, -0.15) is 0 Å². The van der Waals surface area contributed by atoms with Crippen molar-refractivity contribution in [3.8, 4) is 0 Å². The van der Waals surface area contributed by atoms with Crippen molar-refractivity contribution in [1.82, 2.24) is 15.1 Å². The SMILES string of the molecule is CNC1CCCCC1CN1CCN(C2CC2)CC1. The summed E-state index contributed by atoms with van der Waals surface area (Å²) in [5.41, 5.74) is 0. The van der Waals surface area contributed by atoms with Gasteiger partial charge in [0.2, 0.25) is 0 Å². The molecule has 0 aromatic heterocycles. The van der Waals surface area contributed by atoms with Crippen LogP contribution in [0.25, 0.3) is 0 Å². The van der Waals surface area contributed by atoms with Gasteiger partial charge in [-0.3, -0.25) is 4.90 Å². The second-order valence-electron chi connectivity index (χ2n) is 6.51. The van der Waals surface area contributed by atoms with Crippen molar-refractivity contribution in [3.63, 3.8) is 0 Å². The first-order valence-electron chi connectivity index (χ1n) is 8.00. The highest BCUT2D eigenvalue weighted by Crippen LogP contribution is 2.29. The van der Waals surface area contributed by atoms with E-state index in [0.717, 1.165) is 18.0 Å². The molecule has 2 aliphatic carbocycles. The molecule has 104 valence electrons. The van der Waals surface area contributed by atoms with Gasteiger partial charge in [-0.25, -0.2) is 0 Å². The molecule has 0 spiro atoms. The van der Waals surface area contributed by atoms with Gasteiger partial charge in [0, 0.05) is 44.8 Å². The molecule has 0 aromatic rings. The summed E-state index contributed by atoms with van der Waals surface area (Å²) in [4.78, 5) is 5.44. The van der Waals surface area contributed by atoms with Gasteiger partial charge in [0.1, 0.15) is 0 Å². The molecule has 3 aliphatic rings. The molecule has 3 nitrogen and oxygen atoms in total. The summed E-state index contributed by atoms with van der Waals surface area (Å²) in [6.07, 6.45) is 8.63. The van der Waals surface area contributed by atoms with Crippen LogP contribution in [0.2, 0.25) is 0 Å². The van der Waals surface area contributed by atoms with Crippen LogP contribution in [0.4, 0.5) is 0 Å². The third kappa shape index (κ3) is 3.06. The first kappa shape index (κ1) is 12.9. The minimum absolute atomic E-state index is 0.778. The summed E-state index contributed by atoms with van der Waals surface area (Å²) in [6.45, 7) is 6.60. The number of piperazine rings is 1. The Morgan fingerprint density at radius 1 is 0.944 bits per heavy atom. The van der Waals surface area contributed by atoms with Gasteiger partial charge >= 0.3 is 0 Å². The Bertz CT molecular complexity index is 256. The molecule has 18 heavy (non-hydrogen) atoms. The Hall–Kier alpha value is -0.120. The fraction of sp³-hybridized carbons (Fsp3) is 1.00. The van der Waals surface area contributed by atoms with Gasteiger partial charge in [0.05, 0.1) is 0 Å². The van der Waals surface area contributed by atoms with Crippen LogP contribution in [0, 0.1) is 5.92 Å². The van der Waals surface area contributed by atoms with Crippen LogP contribution >= 0.6 is 0 Å². The fourth-order valence-corrected chi connectivity index (χ4v) is 3.89. The van der Waals surface area contributed by atoms with E-state index in [1.54, 1.807) is 0 Å². The second kappa shape index (κ2) is 5.89. The summed E-state index contributed by atoms with van der Waals surface area (Å²) in [5, 5.41) is 3.54. The van der Waals surface area contributed by atoms with Crippen molar-refractivity contribution in [1.29, 1.82) is 0 Å². The van der Waals surface area contributed by atoms with Crippen LogP contribution in [0.3, 0.4) is 0 Å². The lowest BCUT2D eigenvalue weighted by molar-refractivity contribution is 0.0964. The average Bonchev–Trinajstić information content (AvgIpc) is 3.25. The Morgan fingerprint density at radius 3 is 2.33 bits per heavy atom.